The van der Waals surface area contributed by atoms with Crippen molar-refractivity contribution in [3.8, 4) is 0 Å². The first-order valence-electron chi connectivity index (χ1n) is 6.67. The van der Waals surface area contributed by atoms with Crippen LogP contribution in [0.5, 0.6) is 0 Å². The third-order valence-electron chi connectivity index (χ3n) is 3.16. The van der Waals surface area contributed by atoms with Gasteiger partial charge in [-0.1, -0.05) is 6.92 Å². The first-order valence-corrected chi connectivity index (χ1v) is 7.48. The lowest BCUT2D eigenvalue weighted by Crippen LogP contribution is -2.25. The van der Waals surface area contributed by atoms with E-state index >= 15 is 0 Å². The minimum absolute atomic E-state index is 0.308. The summed E-state index contributed by atoms with van der Waals surface area (Å²) in [5.74, 6) is 0. The molecule has 0 aromatic carbocycles. The predicted molar refractivity (Wildman–Crippen MR) is 73.8 cm³/mol. The number of hydrogen-bond donors (Lipinski definition) is 1. The fourth-order valence-corrected chi connectivity index (χ4v) is 3.62. The van der Waals surface area contributed by atoms with Crippen LogP contribution >= 0.6 is 11.3 Å². The van der Waals surface area contributed by atoms with E-state index in [-0.39, 0.29) is 0 Å². The van der Waals surface area contributed by atoms with E-state index in [9.17, 15) is 0 Å². The Balaban J connectivity index is 2.03. The summed E-state index contributed by atoms with van der Waals surface area (Å²) in [6.07, 6.45) is 4.21. The molecule has 1 aromatic rings. The Morgan fingerprint density at radius 1 is 1.41 bits per heavy atom. The molecule has 96 valence electrons. The Morgan fingerprint density at radius 2 is 2.24 bits per heavy atom. The van der Waals surface area contributed by atoms with Crippen molar-refractivity contribution in [1.82, 2.24) is 5.32 Å². The molecule has 1 atom stereocenters. The summed E-state index contributed by atoms with van der Waals surface area (Å²) in [7, 11) is 0. The topological polar surface area (TPSA) is 21.3 Å². The van der Waals surface area contributed by atoms with Gasteiger partial charge in [-0.3, -0.25) is 0 Å². The van der Waals surface area contributed by atoms with Crippen LogP contribution in [-0.4, -0.2) is 19.3 Å². The molecule has 17 heavy (non-hydrogen) atoms. The summed E-state index contributed by atoms with van der Waals surface area (Å²) in [6.45, 7) is 8.12. The Morgan fingerprint density at radius 3 is 2.88 bits per heavy atom. The van der Waals surface area contributed by atoms with E-state index in [1.54, 1.807) is 10.4 Å². The molecule has 0 aliphatic heterocycles. The SMILES string of the molecule is CCNC(COC(C)C)c1cc2c(s1)CCC2. The maximum atomic E-state index is 5.76. The van der Waals surface area contributed by atoms with Gasteiger partial charge in [0, 0.05) is 9.75 Å². The van der Waals surface area contributed by atoms with Crippen molar-refractivity contribution in [3.05, 3.63) is 21.4 Å². The van der Waals surface area contributed by atoms with Gasteiger partial charge in [0.1, 0.15) is 0 Å². The van der Waals surface area contributed by atoms with Crippen LogP contribution in [0.25, 0.3) is 0 Å². The van der Waals surface area contributed by atoms with E-state index in [0.29, 0.717) is 12.1 Å². The molecule has 1 N–H and O–H groups in total. The third-order valence-corrected chi connectivity index (χ3v) is 4.51. The van der Waals surface area contributed by atoms with E-state index in [4.69, 9.17) is 4.74 Å². The van der Waals surface area contributed by atoms with Crippen LogP contribution in [0.1, 0.15) is 48.6 Å². The average molecular weight is 253 g/mol. The van der Waals surface area contributed by atoms with Gasteiger partial charge < -0.3 is 10.1 Å². The molecular weight excluding hydrogens is 230 g/mol. The fraction of sp³-hybridized carbons (Fsp3) is 0.714. The standard InChI is InChI=1S/C14H23NOS/c1-4-15-12(9-16-10(2)3)14-8-11-6-5-7-13(11)17-14/h8,10,12,15H,4-7,9H2,1-3H3. The van der Waals surface area contributed by atoms with Crippen molar-refractivity contribution in [2.24, 2.45) is 0 Å². The highest BCUT2D eigenvalue weighted by Crippen LogP contribution is 2.33. The molecule has 0 spiro atoms. The first-order chi connectivity index (χ1) is 8.20. The van der Waals surface area contributed by atoms with Crippen LogP contribution in [0.2, 0.25) is 0 Å². The highest BCUT2D eigenvalue weighted by atomic mass is 32.1. The molecule has 0 radical (unpaired) electrons. The van der Waals surface area contributed by atoms with Crippen molar-refractivity contribution in [2.45, 2.75) is 52.2 Å². The summed E-state index contributed by atoms with van der Waals surface area (Å²) in [6, 6.07) is 2.77. The summed E-state index contributed by atoms with van der Waals surface area (Å²) < 4.78 is 5.76. The molecule has 1 aliphatic rings. The Kier molecular flexibility index (Phi) is 4.60. The first kappa shape index (κ1) is 13.1. The van der Waals surface area contributed by atoms with Crippen LogP contribution in [0, 0.1) is 0 Å². The largest absolute Gasteiger partial charge is 0.377 e. The fourth-order valence-electron chi connectivity index (χ4n) is 2.30. The highest BCUT2D eigenvalue weighted by molar-refractivity contribution is 7.12. The van der Waals surface area contributed by atoms with Crippen molar-refractivity contribution >= 4 is 11.3 Å². The monoisotopic (exact) mass is 253 g/mol. The van der Waals surface area contributed by atoms with Crippen molar-refractivity contribution < 1.29 is 4.74 Å². The van der Waals surface area contributed by atoms with Gasteiger partial charge in [0.2, 0.25) is 0 Å². The molecular formula is C14H23NOS. The molecule has 1 aromatic heterocycles. The Labute approximate surface area is 108 Å². The molecule has 0 amide bonds. The molecule has 1 unspecified atom stereocenters. The lowest BCUT2D eigenvalue weighted by Gasteiger charge is -2.18. The van der Waals surface area contributed by atoms with Crippen molar-refractivity contribution in [2.75, 3.05) is 13.2 Å². The number of thiophene rings is 1. The smallest absolute Gasteiger partial charge is 0.0672 e. The van der Waals surface area contributed by atoms with Gasteiger partial charge in [-0.2, -0.15) is 0 Å². The molecule has 2 nitrogen and oxygen atoms in total. The van der Waals surface area contributed by atoms with Gasteiger partial charge in [-0.15, -0.1) is 11.3 Å². The van der Waals surface area contributed by atoms with Crippen molar-refractivity contribution in [1.29, 1.82) is 0 Å². The number of ether oxygens (including phenoxy) is 1. The maximum Gasteiger partial charge on any atom is 0.0672 e. The maximum absolute atomic E-state index is 5.76. The number of rotatable bonds is 6. The lowest BCUT2D eigenvalue weighted by molar-refractivity contribution is 0.0621. The summed E-state index contributed by atoms with van der Waals surface area (Å²) in [4.78, 5) is 3.06. The minimum atomic E-state index is 0.308. The van der Waals surface area contributed by atoms with Gasteiger partial charge in [0.05, 0.1) is 18.8 Å². The molecule has 1 heterocycles. The van der Waals surface area contributed by atoms with E-state index in [1.165, 1.54) is 24.1 Å². The second kappa shape index (κ2) is 5.98. The lowest BCUT2D eigenvalue weighted by atomic mass is 10.2. The second-order valence-corrected chi connectivity index (χ2v) is 6.11. The molecule has 0 saturated heterocycles. The summed E-state index contributed by atoms with van der Waals surface area (Å²) in [5, 5.41) is 3.53. The summed E-state index contributed by atoms with van der Waals surface area (Å²) in [5.41, 5.74) is 1.58. The van der Waals surface area contributed by atoms with Crippen LogP contribution in [0.4, 0.5) is 0 Å². The molecule has 3 heteroatoms. The van der Waals surface area contributed by atoms with Gasteiger partial charge in [0.15, 0.2) is 0 Å². The predicted octanol–water partition coefficient (Wildman–Crippen LogP) is 3.31. The zero-order valence-corrected chi connectivity index (χ0v) is 11.9. The average Bonchev–Trinajstić information content (AvgIpc) is 2.83. The number of nitrogens with one attached hydrogen (secondary N) is 1. The normalized spacial score (nSPS) is 16.5. The Bertz CT molecular complexity index is 338. The number of likely N-dealkylation sites (N-methyl/N-ethyl adjacent to an activating group) is 1. The van der Waals surface area contributed by atoms with Gasteiger partial charge in [-0.25, -0.2) is 0 Å². The minimum Gasteiger partial charge on any atom is -0.377 e. The number of aryl methyl sites for hydroxylation is 2. The Hall–Kier alpha value is -0.380. The van der Waals surface area contributed by atoms with Gasteiger partial charge >= 0.3 is 0 Å². The molecule has 0 fully saturated rings. The van der Waals surface area contributed by atoms with E-state index in [0.717, 1.165) is 13.2 Å². The molecule has 2 rings (SSSR count). The van der Waals surface area contributed by atoms with E-state index in [1.807, 2.05) is 11.3 Å². The molecule has 0 saturated carbocycles. The summed E-state index contributed by atoms with van der Waals surface area (Å²) >= 11 is 1.98. The zero-order valence-electron chi connectivity index (χ0n) is 11.1. The van der Waals surface area contributed by atoms with Crippen molar-refractivity contribution in [3.63, 3.8) is 0 Å². The second-order valence-electron chi connectivity index (χ2n) is 4.94. The quantitative estimate of drug-likeness (QED) is 0.840. The van der Waals surface area contributed by atoms with Gasteiger partial charge in [0.25, 0.3) is 0 Å². The van der Waals surface area contributed by atoms with Crippen LogP contribution in [0.3, 0.4) is 0 Å². The molecule has 0 bridgehead atoms. The number of hydrogen-bond acceptors (Lipinski definition) is 3. The van der Waals surface area contributed by atoms with Crippen LogP contribution in [-0.2, 0) is 17.6 Å². The number of fused-ring (bicyclic) bond motifs is 1. The third kappa shape index (κ3) is 3.30. The van der Waals surface area contributed by atoms with Crippen LogP contribution in [0.15, 0.2) is 6.07 Å². The zero-order chi connectivity index (χ0) is 12.3. The van der Waals surface area contributed by atoms with E-state index < -0.39 is 0 Å². The highest BCUT2D eigenvalue weighted by Gasteiger charge is 2.20. The van der Waals surface area contributed by atoms with E-state index in [2.05, 4.69) is 32.2 Å². The molecule has 1 aliphatic carbocycles. The van der Waals surface area contributed by atoms with Crippen LogP contribution < -0.4 is 5.32 Å². The van der Waals surface area contributed by atoms with Gasteiger partial charge in [-0.05, 0) is 51.3 Å².